The Labute approximate surface area is 164 Å². The second-order valence-electron chi connectivity index (χ2n) is 6.90. The number of hydrogen-bond donors (Lipinski definition) is 2. The summed E-state index contributed by atoms with van der Waals surface area (Å²) in [6.07, 6.45) is 3.92. The Kier molecular flexibility index (Phi) is 9.36. The number of nitrogens with one attached hydrogen (secondary N) is 1. The molecule has 6 heteroatoms. The van der Waals surface area contributed by atoms with Gasteiger partial charge in [-0.1, -0.05) is 18.9 Å². The monoisotopic (exact) mass is 389 g/mol. The van der Waals surface area contributed by atoms with Gasteiger partial charge >= 0.3 is 0 Å². The van der Waals surface area contributed by atoms with Gasteiger partial charge in [0.15, 0.2) is 0 Å². The molecule has 0 amide bonds. The lowest BCUT2D eigenvalue weighted by molar-refractivity contribution is 0.158. The predicted molar refractivity (Wildman–Crippen MR) is 111 cm³/mol. The zero-order valence-corrected chi connectivity index (χ0v) is 17.0. The lowest BCUT2D eigenvalue weighted by Gasteiger charge is -2.36. The normalized spacial score (nSPS) is 18.8. The second-order valence-corrected chi connectivity index (χ2v) is 6.90. The lowest BCUT2D eigenvalue weighted by Crippen LogP contribution is -2.45. The SMILES string of the molecule is CCN(CC)c1ccc([C@@H](CC2CC2)N2CCNCC2)c(O)c1.Cl.Cl. The molecule has 0 unspecified atom stereocenters. The molecule has 0 radical (unpaired) electrons. The van der Waals surface area contributed by atoms with E-state index in [1.54, 1.807) is 0 Å². The van der Waals surface area contributed by atoms with Crippen LogP contribution in [0.15, 0.2) is 18.2 Å². The molecule has 1 heterocycles. The molecule has 0 aromatic heterocycles. The standard InChI is InChI=1S/C19H31N3O.2ClH/c1-3-21(4-2)16-7-8-17(19(23)14-16)18(13-15-5-6-15)22-11-9-20-10-12-22;;/h7-8,14-15,18,20,23H,3-6,9-13H2,1-2H3;2*1H/t18-;;/m1../s1. The molecule has 1 atom stereocenters. The van der Waals surface area contributed by atoms with Crippen LogP contribution in [0.25, 0.3) is 0 Å². The van der Waals surface area contributed by atoms with Gasteiger partial charge in [-0.05, 0) is 32.3 Å². The van der Waals surface area contributed by atoms with Crippen LogP contribution in [-0.4, -0.2) is 49.3 Å². The summed E-state index contributed by atoms with van der Waals surface area (Å²) in [5, 5.41) is 14.1. The number of benzene rings is 1. The summed E-state index contributed by atoms with van der Waals surface area (Å²) in [5.41, 5.74) is 2.25. The van der Waals surface area contributed by atoms with Crippen LogP contribution in [0, 0.1) is 5.92 Å². The third kappa shape index (κ3) is 5.65. The number of halogens is 2. The third-order valence-corrected chi connectivity index (χ3v) is 5.35. The zero-order chi connectivity index (χ0) is 16.2. The molecule has 144 valence electrons. The van der Waals surface area contributed by atoms with Crippen molar-refractivity contribution in [1.29, 1.82) is 0 Å². The summed E-state index contributed by atoms with van der Waals surface area (Å²) in [6, 6.07) is 6.68. The van der Waals surface area contributed by atoms with E-state index in [0.29, 0.717) is 11.8 Å². The van der Waals surface area contributed by atoms with Gasteiger partial charge in [-0.3, -0.25) is 4.90 Å². The maximum atomic E-state index is 10.7. The van der Waals surface area contributed by atoms with Crippen molar-refractivity contribution in [1.82, 2.24) is 10.2 Å². The van der Waals surface area contributed by atoms with Crippen LogP contribution in [0.1, 0.15) is 44.7 Å². The van der Waals surface area contributed by atoms with Crippen LogP contribution in [-0.2, 0) is 0 Å². The Morgan fingerprint density at radius 1 is 1.16 bits per heavy atom. The van der Waals surface area contributed by atoms with Crippen molar-refractivity contribution in [2.24, 2.45) is 5.92 Å². The minimum atomic E-state index is 0. The van der Waals surface area contributed by atoms with E-state index in [1.807, 2.05) is 6.07 Å². The van der Waals surface area contributed by atoms with Crippen molar-refractivity contribution in [2.75, 3.05) is 44.2 Å². The molecule has 1 aliphatic carbocycles. The van der Waals surface area contributed by atoms with Gasteiger partial charge in [0.2, 0.25) is 0 Å². The molecule has 1 saturated carbocycles. The van der Waals surface area contributed by atoms with Crippen molar-refractivity contribution in [3.05, 3.63) is 23.8 Å². The highest BCUT2D eigenvalue weighted by Crippen LogP contribution is 2.42. The van der Waals surface area contributed by atoms with Gasteiger partial charge in [0.05, 0.1) is 0 Å². The molecule has 3 rings (SSSR count). The van der Waals surface area contributed by atoms with Crippen LogP contribution in [0.2, 0.25) is 0 Å². The highest BCUT2D eigenvalue weighted by Gasteiger charge is 2.31. The molecule has 4 nitrogen and oxygen atoms in total. The Balaban J connectivity index is 0.00000156. The van der Waals surface area contributed by atoms with E-state index in [4.69, 9.17) is 0 Å². The fourth-order valence-corrected chi connectivity index (χ4v) is 3.74. The topological polar surface area (TPSA) is 38.7 Å². The minimum Gasteiger partial charge on any atom is -0.508 e. The number of anilines is 1. The summed E-state index contributed by atoms with van der Waals surface area (Å²) < 4.78 is 0. The smallest absolute Gasteiger partial charge is 0.122 e. The summed E-state index contributed by atoms with van der Waals surface area (Å²) in [5.74, 6) is 1.33. The summed E-state index contributed by atoms with van der Waals surface area (Å²) in [7, 11) is 0. The number of phenols is 1. The van der Waals surface area contributed by atoms with Crippen LogP contribution in [0.4, 0.5) is 5.69 Å². The lowest BCUT2D eigenvalue weighted by atomic mass is 9.97. The molecule has 25 heavy (non-hydrogen) atoms. The highest BCUT2D eigenvalue weighted by atomic mass is 35.5. The van der Waals surface area contributed by atoms with E-state index in [-0.39, 0.29) is 24.8 Å². The van der Waals surface area contributed by atoms with Crippen molar-refractivity contribution in [2.45, 2.75) is 39.2 Å². The number of aromatic hydroxyl groups is 1. The van der Waals surface area contributed by atoms with Crippen molar-refractivity contribution in [3.8, 4) is 5.75 Å². The van der Waals surface area contributed by atoms with Gasteiger partial charge in [-0.25, -0.2) is 0 Å². The van der Waals surface area contributed by atoms with Crippen molar-refractivity contribution < 1.29 is 5.11 Å². The number of piperazine rings is 1. The van der Waals surface area contributed by atoms with Crippen LogP contribution >= 0.6 is 24.8 Å². The van der Waals surface area contributed by atoms with E-state index in [2.05, 4.69) is 41.1 Å². The van der Waals surface area contributed by atoms with E-state index >= 15 is 0 Å². The number of nitrogens with zero attached hydrogens (tertiary/aromatic N) is 2. The van der Waals surface area contributed by atoms with Gasteiger partial charge in [0.25, 0.3) is 0 Å². The van der Waals surface area contributed by atoms with Gasteiger partial charge < -0.3 is 15.3 Å². The first-order valence-corrected chi connectivity index (χ1v) is 9.25. The predicted octanol–water partition coefficient (Wildman–Crippen LogP) is 3.83. The Hall–Kier alpha value is -0.680. The average molecular weight is 390 g/mol. The maximum absolute atomic E-state index is 10.7. The molecule has 1 saturated heterocycles. The van der Waals surface area contributed by atoms with Gasteiger partial charge in [0, 0.05) is 62.6 Å². The first-order valence-electron chi connectivity index (χ1n) is 9.25. The average Bonchev–Trinajstić information content (AvgIpc) is 3.39. The Bertz CT molecular complexity index is 515. The molecule has 2 N–H and O–H groups in total. The molecule has 2 fully saturated rings. The summed E-state index contributed by atoms with van der Waals surface area (Å²) in [4.78, 5) is 4.84. The molecule has 1 aromatic carbocycles. The number of hydrogen-bond acceptors (Lipinski definition) is 4. The molecule has 0 spiro atoms. The van der Waals surface area contributed by atoms with E-state index in [1.165, 1.54) is 19.3 Å². The fraction of sp³-hybridized carbons (Fsp3) is 0.684. The van der Waals surface area contributed by atoms with Gasteiger partial charge in [0.1, 0.15) is 5.75 Å². The first kappa shape index (κ1) is 22.4. The maximum Gasteiger partial charge on any atom is 0.122 e. The van der Waals surface area contributed by atoms with E-state index in [9.17, 15) is 5.11 Å². The van der Waals surface area contributed by atoms with Crippen LogP contribution in [0.5, 0.6) is 5.75 Å². The van der Waals surface area contributed by atoms with E-state index < -0.39 is 0 Å². The minimum absolute atomic E-state index is 0. The van der Waals surface area contributed by atoms with Crippen molar-refractivity contribution in [3.63, 3.8) is 0 Å². The number of rotatable bonds is 7. The zero-order valence-electron chi connectivity index (χ0n) is 15.4. The Morgan fingerprint density at radius 3 is 2.32 bits per heavy atom. The molecule has 2 aliphatic rings. The van der Waals surface area contributed by atoms with E-state index in [0.717, 1.165) is 56.4 Å². The quantitative estimate of drug-likeness (QED) is 0.742. The summed E-state index contributed by atoms with van der Waals surface area (Å²) >= 11 is 0. The Morgan fingerprint density at radius 2 is 1.80 bits per heavy atom. The fourth-order valence-electron chi connectivity index (χ4n) is 3.74. The second kappa shape index (κ2) is 10.5. The summed E-state index contributed by atoms with van der Waals surface area (Å²) in [6.45, 7) is 10.5. The van der Waals surface area contributed by atoms with Crippen LogP contribution in [0.3, 0.4) is 0 Å². The molecule has 1 aromatic rings. The van der Waals surface area contributed by atoms with Crippen molar-refractivity contribution >= 4 is 30.5 Å². The third-order valence-electron chi connectivity index (χ3n) is 5.35. The van der Waals surface area contributed by atoms with Gasteiger partial charge in [-0.2, -0.15) is 0 Å². The highest BCUT2D eigenvalue weighted by molar-refractivity contribution is 5.85. The molecule has 0 bridgehead atoms. The molecular weight excluding hydrogens is 357 g/mol. The largest absolute Gasteiger partial charge is 0.508 e. The van der Waals surface area contributed by atoms with Crippen LogP contribution < -0.4 is 10.2 Å². The first-order chi connectivity index (χ1) is 11.2. The molecular formula is C19H33Cl2N3O. The number of phenolic OH excluding ortho intramolecular Hbond substituents is 1. The molecule has 1 aliphatic heterocycles. The van der Waals surface area contributed by atoms with Gasteiger partial charge in [-0.15, -0.1) is 24.8 Å².